The topological polar surface area (TPSA) is 43.4 Å². The standard InChI is InChI=1S/C22H26NO3/c1-4-21(24)26-17-16-23(2,3)15-14-18-10-12-20(13-11-18)22(25)19-8-6-5-7-9-19/h4-10,12-14H,1,11,15-17H2,2-3H3/q+1. The van der Waals surface area contributed by atoms with Gasteiger partial charge in [0, 0.05) is 17.2 Å². The molecular weight excluding hydrogens is 326 g/mol. The zero-order chi connectivity index (χ0) is 19.0. The molecule has 0 saturated carbocycles. The molecular formula is C22H26NO3+. The second kappa shape index (κ2) is 9.11. The second-order valence-electron chi connectivity index (χ2n) is 6.88. The first kappa shape index (κ1) is 19.6. The quantitative estimate of drug-likeness (QED) is 0.311. The maximum absolute atomic E-state index is 12.4. The van der Waals surface area contributed by atoms with Crippen molar-refractivity contribution < 1.29 is 18.8 Å². The number of ether oxygens (including phenoxy) is 1. The van der Waals surface area contributed by atoms with Crippen molar-refractivity contribution in [2.24, 2.45) is 0 Å². The summed E-state index contributed by atoms with van der Waals surface area (Å²) in [5.41, 5.74) is 2.63. The molecule has 0 N–H and O–H groups in total. The third-order valence-electron chi connectivity index (χ3n) is 4.29. The SMILES string of the molecule is C=CC(=O)OCC[N+](C)(C)CC=C1C=CC(C(=O)c2ccccc2)=CC1. The largest absolute Gasteiger partial charge is 0.457 e. The summed E-state index contributed by atoms with van der Waals surface area (Å²) >= 11 is 0. The maximum Gasteiger partial charge on any atom is 0.330 e. The maximum atomic E-state index is 12.4. The molecule has 0 bridgehead atoms. The van der Waals surface area contributed by atoms with E-state index in [2.05, 4.69) is 26.8 Å². The Morgan fingerprint density at radius 2 is 1.92 bits per heavy atom. The van der Waals surface area contributed by atoms with Gasteiger partial charge < -0.3 is 9.22 Å². The Hall–Kier alpha value is -2.72. The van der Waals surface area contributed by atoms with Gasteiger partial charge in [0.2, 0.25) is 0 Å². The lowest BCUT2D eigenvalue weighted by molar-refractivity contribution is -0.884. The summed E-state index contributed by atoms with van der Waals surface area (Å²) in [6.45, 7) is 5.30. The third-order valence-corrected chi connectivity index (χ3v) is 4.29. The molecule has 1 aliphatic rings. The van der Waals surface area contributed by atoms with Crippen LogP contribution in [0.1, 0.15) is 16.8 Å². The number of hydrogen-bond acceptors (Lipinski definition) is 3. The van der Waals surface area contributed by atoms with E-state index in [9.17, 15) is 9.59 Å². The zero-order valence-corrected chi connectivity index (χ0v) is 15.5. The van der Waals surface area contributed by atoms with Crippen LogP contribution in [0.3, 0.4) is 0 Å². The molecule has 1 aromatic carbocycles. The van der Waals surface area contributed by atoms with E-state index < -0.39 is 0 Å². The summed E-state index contributed by atoms with van der Waals surface area (Å²) in [5.74, 6) is -0.333. The number of esters is 1. The van der Waals surface area contributed by atoms with Gasteiger partial charge in [-0.2, -0.15) is 0 Å². The monoisotopic (exact) mass is 352 g/mol. The highest BCUT2D eigenvalue weighted by Gasteiger charge is 2.16. The Labute approximate surface area is 155 Å². The van der Waals surface area contributed by atoms with Crippen LogP contribution in [0.15, 0.2) is 78.4 Å². The van der Waals surface area contributed by atoms with E-state index in [0.29, 0.717) is 16.7 Å². The number of Topliss-reactive ketones (excluding diaryl/α,β-unsaturated/α-hetero) is 1. The molecule has 0 saturated heterocycles. The first-order valence-electron chi connectivity index (χ1n) is 8.69. The number of ketones is 1. The highest BCUT2D eigenvalue weighted by Crippen LogP contribution is 2.19. The number of quaternary nitrogens is 1. The van der Waals surface area contributed by atoms with Crippen LogP contribution < -0.4 is 0 Å². The molecule has 136 valence electrons. The Balaban J connectivity index is 1.87. The average molecular weight is 352 g/mol. The Morgan fingerprint density at radius 3 is 2.54 bits per heavy atom. The van der Waals surface area contributed by atoms with E-state index in [4.69, 9.17) is 4.74 Å². The Bertz CT molecular complexity index is 755. The number of hydrogen-bond donors (Lipinski definition) is 0. The van der Waals surface area contributed by atoms with Crippen molar-refractivity contribution in [2.75, 3.05) is 33.8 Å². The molecule has 0 aliphatic heterocycles. The van der Waals surface area contributed by atoms with Gasteiger partial charge in [0.15, 0.2) is 5.78 Å². The smallest absolute Gasteiger partial charge is 0.330 e. The van der Waals surface area contributed by atoms with Crippen LogP contribution in [0, 0.1) is 0 Å². The van der Waals surface area contributed by atoms with Gasteiger partial charge in [-0.3, -0.25) is 4.79 Å². The molecule has 0 unspecified atom stereocenters. The number of benzene rings is 1. The fraction of sp³-hybridized carbons (Fsp3) is 0.273. The first-order valence-corrected chi connectivity index (χ1v) is 8.69. The predicted molar refractivity (Wildman–Crippen MR) is 104 cm³/mol. The van der Waals surface area contributed by atoms with Crippen LogP contribution in [0.2, 0.25) is 0 Å². The van der Waals surface area contributed by atoms with Gasteiger partial charge in [0.05, 0.1) is 20.6 Å². The van der Waals surface area contributed by atoms with Crippen molar-refractivity contribution >= 4 is 11.8 Å². The molecule has 2 rings (SSSR count). The number of likely N-dealkylation sites (N-methyl/N-ethyl adjacent to an activating group) is 1. The summed E-state index contributed by atoms with van der Waals surface area (Å²) in [7, 11) is 4.18. The number of carbonyl (C=O) groups is 2. The predicted octanol–water partition coefficient (Wildman–Crippen LogP) is 3.49. The first-order chi connectivity index (χ1) is 12.4. The van der Waals surface area contributed by atoms with E-state index in [-0.39, 0.29) is 11.8 Å². The van der Waals surface area contributed by atoms with E-state index in [1.54, 1.807) is 0 Å². The van der Waals surface area contributed by atoms with Crippen LogP contribution in [0.25, 0.3) is 0 Å². The number of rotatable bonds is 8. The molecule has 0 heterocycles. The van der Waals surface area contributed by atoms with E-state index in [1.807, 2.05) is 48.6 Å². The minimum Gasteiger partial charge on any atom is -0.457 e. The van der Waals surface area contributed by atoms with E-state index in [1.165, 1.54) is 11.6 Å². The van der Waals surface area contributed by atoms with Crippen LogP contribution in [-0.2, 0) is 9.53 Å². The van der Waals surface area contributed by atoms with Crippen molar-refractivity contribution in [3.05, 3.63) is 84.0 Å². The fourth-order valence-corrected chi connectivity index (χ4v) is 2.54. The summed E-state index contributed by atoms with van der Waals surface area (Å²) in [6.07, 6.45) is 9.97. The molecule has 26 heavy (non-hydrogen) atoms. The van der Waals surface area contributed by atoms with Crippen molar-refractivity contribution in [2.45, 2.75) is 6.42 Å². The van der Waals surface area contributed by atoms with E-state index >= 15 is 0 Å². The zero-order valence-electron chi connectivity index (χ0n) is 15.5. The van der Waals surface area contributed by atoms with Gasteiger partial charge in [-0.15, -0.1) is 0 Å². The molecule has 0 aromatic heterocycles. The minimum atomic E-state index is -0.390. The highest BCUT2D eigenvalue weighted by molar-refractivity contribution is 6.10. The van der Waals surface area contributed by atoms with Gasteiger partial charge in [-0.05, 0) is 18.1 Å². The summed E-state index contributed by atoms with van der Waals surface area (Å²) < 4.78 is 5.76. The van der Waals surface area contributed by atoms with Gasteiger partial charge in [0.1, 0.15) is 13.2 Å². The van der Waals surface area contributed by atoms with Crippen LogP contribution in [0.5, 0.6) is 0 Å². The van der Waals surface area contributed by atoms with Crippen molar-refractivity contribution in [3.8, 4) is 0 Å². The van der Waals surface area contributed by atoms with Crippen LogP contribution in [-0.4, -0.2) is 50.0 Å². The van der Waals surface area contributed by atoms with Crippen molar-refractivity contribution in [1.82, 2.24) is 0 Å². The lowest BCUT2D eigenvalue weighted by atomic mass is 9.96. The molecule has 1 aromatic rings. The molecule has 4 nitrogen and oxygen atoms in total. The summed E-state index contributed by atoms with van der Waals surface area (Å²) in [6, 6.07) is 9.32. The molecule has 0 radical (unpaired) electrons. The van der Waals surface area contributed by atoms with Gasteiger partial charge >= 0.3 is 5.97 Å². The molecule has 0 amide bonds. The summed E-state index contributed by atoms with van der Waals surface area (Å²) in [4.78, 5) is 23.5. The second-order valence-corrected chi connectivity index (χ2v) is 6.88. The number of allylic oxidation sites excluding steroid dienone is 5. The van der Waals surface area contributed by atoms with E-state index in [0.717, 1.165) is 25.1 Å². The van der Waals surface area contributed by atoms with Crippen molar-refractivity contribution in [1.29, 1.82) is 0 Å². The van der Waals surface area contributed by atoms with Crippen LogP contribution in [0.4, 0.5) is 0 Å². The van der Waals surface area contributed by atoms with Gasteiger partial charge in [0.25, 0.3) is 0 Å². The number of carbonyl (C=O) groups excluding carboxylic acids is 2. The molecule has 4 heteroatoms. The lowest BCUT2D eigenvalue weighted by Gasteiger charge is -2.28. The highest BCUT2D eigenvalue weighted by atomic mass is 16.5. The number of nitrogens with zero attached hydrogens (tertiary/aromatic N) is 1. The Morgan fingerprint density at radius 1 is 1.19 bits per heavy atom. The normalized spacial score (nSPS) is 15.5. The van der Waals surface area contributed by atoms with Crippen molar-refractivity contribution in [3.63, 3.8) is 0 Å². The molecule has 0 fully saturated rings. The Kier molecular flexibility index (Phi) is 6.87. The summed E-state index contributed by atoms with van der Waals surface area (Å²) in [5, 5.41) is 0. The average Bonchev–Trinajstić information content (AvgIpc) is 2.66. The minimum absolute atomic E-state index is 0.0565. The lowest BCUT2D eigenvalue weighted by Crippen LogP contribution is -2.42. The van der Waals surface area contributed by atoms with Gasteiger partial charge in [-0.25, -0.2) is 4.79 Å². The fourth-order valence-electron chi connectivity index (χ4n) is 2.54. The molecule has 1 aliphatic carbocycles. The third kappa shape index (κ3) is 5.97. The molecule has 0 atom stereocenters. The molecule has 0 spiro atoms. The van der Waals surface area contributed by atoms with Gasteiger partial charge in [-0.1, -0.05) is 55.1 Å². The van der Waals surface area contributed by atoms with Crippen LogP contribution >= 0.6 is 0 Å².